The molecular weight excluding hydrogens is 192 g/mol. The van der Waals surface area contributed by atoms with Crippen LogP contribution in [0, 0.1) is 5.41 Å². The van der Waals surface area contributed by atoms with E-state index >= 15 is 0 Å². The summed E-state index contributed by atoms with van der Waals surface area (Å²) in [6, 6.07) is 0. The van der Waals surface area contributed by atoms with Gasteiger partial charge in [0.05, 0.1) is 6.10 Å². The van der Waals surface area contributed by atoms with Crippen LogP contribution in [0.3, 0.4) is 0 Å². The number of carbonyl (C=O) groups excluding carboxylic acids is 1. The van der Waals surface area contributed by atoms with Gasteiger partial charge in [0.15, 0.2) is 5.82 Å². The Morgan fingerprint density at radius 2 is 2.20 bits per heavy atom. The third-order valence-corrected chi connectivity index (χ3v) is 2.45. The zero-order chi connectivity index (χ0) is 11.6. The fraction of sp³-hybridized carbons (Fsp3) is 0.636. The molecule has 1 N–H and O–H groups in total. The van der Waals surface area contributed by atoms with Crippen molar-refractivity contribution in [3.63, 3.8) is 0 Å². The Morgan fingerprint density at radius 1 is 1.60 bits per heavy atom. The molecule has 1 aromatic rings. The van der Waals surface area contributed by atoms with Crippen molar-refractivity contribution in [2.75, 3.05) is 0 Å². The molecule has 1 aromatic heterocycles. The van der Waals surface area contributed by atoms with Crippen molar-refractivity contribution in [3.8, 4) is 0 Å². The van der Waals surface area contributed by atoms with Gasteiger partial charge in [0.1, 0.15) is 0 Å². The van der Waals surface area contributed by atoms with Crippen LogP contribution in [-0.4, -0.2) is 26.5 Å². The summed E-state index contributed by atoms with van der Waals surface area (Å²) in [6.45, 7) is 5.72. The molecular formula is C11H18N2O2. The summed E-state index contributed by atoms with van der Waals surface area (Å²) >= 11 is 0. The Labute approximate surface area is 89.9 Å². The zero-order valence-corrected chi connectivity index (χ0v) is 9.69. The van der Waals surface area contributed by atoms with Crippen molar-refractivity contribution < 1.29 is 9.90 Å². The molecule has 0 spiro atoms. The van der Waals surface area contributed by atoms with Crippen LogP contribution in [0.2, 0.25) is 0 Å². The molecule has 0 unspecified atom stereocenters. The molecule has 0 saturated carbocycles. The predicted molar refractivity (Wildman–Crippen MR) is 57.6 cm³/mol. The topological polar surface area (TPSA) is 55.1 Å². The Kier molecular flexibility index (Phi) is 3.29. The van der Waals surface area contributed by atoms with E-state index in [2.05, 4.69) is 4.98 Å². The molecule has 0 fully saturated rings. The molecule has 15 heavy (non-hydrogen) atoms. The number of aliphatic hydroxyl groups is 1. The van der Waals surface area contributed by atoms with Crippen LogP contribution < -0.4 is 0 Å². The number of aryl methyl sites for hydroxylation is 1. The summed E-state index contributed by atoms with van der Waals surface area (Å²) in [4.78, 5) is 15.7. The lowest BCUT2D eigenvalue weighted by molar-refractivity contribution is 0.0488. The maximum atomic E-state index is 11.7. The highest BCUT2D eigenvalue weighted by Gasteiger charge is 2.26. The van der Waals surface area contributed by atoms with E-state index in [0.717, 1.165) is 0 Å². The molecule has 0 radical (unpaired) electrons. The molecule has 0 amide bonds. The van der Waals surface area contributed by atoms with Crippen LogP contribution in [0.1, 0.15) is 37.8 Å². The molecule has 84 valence electrons. The monoisotopic (exact) mass is 210 g/mol. The van der Waals surface area contributed by atoms with Gasteiger partial charge in [-0.1, -0.05) is 20.8 Å². The molecule has 1 rings (SSSR count). The molecule has 0 saturated heterocycles. The Balaban J connectivity index is 2.69. The third kappa shape index (κ3) is 2.89. The fourth-order valence-electron chi connectivity index (χ4n) is 1.21. The van der Waals surface area contributed by atoms with Gasteiger partial charge in [0.25, 0.3) is 0 Å². The Morgan fingerprint density at radius 3 is 2.60 bits per heavy atom. The van der Waals surface area contributed by atoms with Gasteiger partial charge in [-0.05, 0) is 5.41 Å². The molecule has 0 aliphatic carbocycles. The van der Waals surface area contributed by atoms with Crippen molar-refractivity contribution in [1.82, 2.24) is 9.55 Å². The number of aromatic nitrogens is 2. The standard InChI is InChI=1S/C11H18N2O2/c1-11(2,3)9(15)7-8(14)10-12-5-6-13(10)4/h5-6,9,15H,7H2,1-4H3/t9-/m0/s1. The normalized spacial score (nSPS) is 13.9. The van der Waals surface area contributed by atoms with E-state index in [4.69, 9.17) is 0 Å². The maximum Gasteiger partial charge on any atom is 0.200 e. The van der Waals surface area contributed by atoms with Crippen molar-refractivity contribution in [2.24, 2.45) is 12.5 Å². The SMILES string of the molecule is Cn1ccnc1C(=O)C[C@H](O)C(C)(C)C. The number of hydrogen-bond donors (Lipinski definition) is 1. The van der Waals surface area contributed by atoms with Crippen LogP contribution in [0.25, 0.3) is 0 Å². The Hall–Kier alpha value is -1.16. The molecule has 0 aromatic carbocycles. The number of nitrogens with zero attached hydrogens (tertiary/aromatic N) is 2. The smallest absolute Gasteiger partial charge is 0.200 e. The largest absolute Gasteiger partial charge is 0.392 e. The third-order valence-electron chi connectivity index (χ3n) is 2.45. The van der Waals surface area contributed by atoms with E-state index in [1.165, 1.54) is 0 Å². The van der Waals surface area contributed by atoms with Gasteiger partial charge >= 0.3 is 0 Å². The molecule has 4 nitrogen and oxygen atoms in total. The first-order chi connectivity index (χ1) is 6.82. The average Bonchev–Trinajstić information content (AvgIpc) is 2.49. The number of imidazole rings is 1. The highest BCUT2D eigenvalue weighted by molar-refractivity contribution is 5.93. The minimum Gasteiger partial charge on any atom is -0.392 e. The van der Waals surface area contributed by atoms with Gasteiger partial charge in [0, 0.05) is 25.9 Å². The Bertz CT molecular complexity index is 350. The first kappa shape index (κ1) is 11.9. The number of aliphatic hydroxyl groups excluding tert-OH is 1. The van der Waals surface area contributed by atoms with Gasteiger partial charge in [0.2, 0.25) is 5.78 Å². The van der Waals surface area contributed by atoms with E-state index < -0.39 is 6.10 Å². The minimum atomic E-state index is -0.637. The fourth-order valence-corrected chi connectivity index (χ4v) is 1.21. The van der Waals surface area contributed by atoms with Gasteiger partial charge in [-0.3, -0.25) is 4.79 Å². The van der Waals surface area contributed by atoms with E-state index in [0.29, 0.717) is 5.82 Å². The summed E-state index contributed by atoms with van der Waals surface area (Å²) in [6.07, 6.45) is 2.78. The second-order valence-electron chi connectivity index (χ2n) is 4.87. The molecule has 0 aliphatic rings. The lowest BCUT2D eigenvalue weighted by Gasteiger charge is -2.24. The number of rotatable bonds is 3. The van der Waals surface area contributed by atoms with E-state index in [1.54, 1.807) is 24.0 Å². The van der Waals surface area contributed by atoms with E-state index in [1.807, 2.05) is 20.8 Å². The number of hydrogen-bond acceptors (Lipinski definition) is 3. The zero-order valence-electron chi connectivity index (χ0n) is 9.69. The van der Waals surface area contributed by atoms with Crippen LogP contribution in [0.4, 0.5) is 0 Å². The lowest BCUT2D eigenvalue weighted by atomic mass is 9.86. The number of carbonyl (C=O) groups is 1. The maximum absolute atomic E-state index is 11.7. The van der Waals surface area contributed by atoms with E-state index in [9.17, 15) is 9.90 Å². The second kappa shape index (κ2) is 4.14. The molecule has 4 heteroatoms. The first-order valence-corrected chi connectivity index (χ1v) is 5.01. The summed E-state index contributed by atoms with van der Waals surface area (Å²) in [7, 11) is 1.77. The summed E-state index contributed by atoms with van der Waals surface area (Å²) < 4.78 is 1.66. The number of ketones is 1. The van der Waals surface area contributed by atoms with Crippen molar-refractivity contribution in [1.29, 1.82) is 0 Å². The highest BCUT2D eigenvalue weighted by Crippen LogP contribution is 2.22. The second-order valence-corrected chi connectivity index (χ2v) is 4.87. The first-order valence-electron chi connectivity index (χ1n) is 5.01. The lowest BCUT2D eigenvalue weighted by Crippen LogP contribution is -2.29. The minimum absolute atomic E-state index is 0.119. The van der Waals surface area contributed by atoms with Crippen LogP contribution in [-0.2, 0) is 7.05 Å². The quantitative estimate of drug-likeness (QED) is 0.767. The molecule has 0 aliphatic heterocycles. The molecule has 0 bridgehead atoms. The predicted octanol–water partition coefficient (Wildman–Crippen LogP) is 1.40. The van der Waals surface area contributed by atoms with Crippen molar-refractivity contribution in [3.05, 3.63) is 18.2 Å². The van der Waals surface area contributed by atoms with Crippen LogP contribution in [0.5, 0.6) is 0 Å². The highest BCUT2D eigenvalue weighted by atomic mass is 16.3. The number of Topliss-reactive ketones (excluding diaryl/α,β-unsaturated/α-hetero) is 1. The van der Waals surface area contributed by atoms with E-state index in [-0.39, 0.29) is 17.6 Å². The molecule has 1 atom stereocenters. The summed E-state index contributed by atoms with van der Waals surface area (Å²) in [5.74, 6) is 0.281. The van der Waals surface area contributed by atoms with Crippen LogP contribution >= 0.6 is 0 Å². The van der Waals surface area contributed by atoms with Crippen molar-refractivity contribution in [2.45, 2.75) is 33.3 Å². The summed E-state index contributed by atoms with van der Waals surface area (Å²) in [5, 5.41) is 9.79. The molecule has 1 heterocycles. The van der Waals surface area contributed by atoms with Crippen LogP contribution in [0.15, 0.2) is 12.4 Å². The van der Waals surface area contributed by atoms with Gasteiger partial charge in [-0.25, -0.2) is 4.98 Å². The van der Waals surface area contributed by atoms with Crippen molar-refractivity contribution >= 4 is 5.78 Å². The average molecular weight is 210 g/mol. The van der Waals surface area contributed by atoms with Gasteiger partial charge in [-0.2, -0.15) is 0 Å². The summed E-state index contributed by atoms with van der Waals surface area (Å²) in [5.41, 5.74) is -0.277. The van der Waals surface area contributed by atoms with Gasteiger partial charge in [-0.15, -0.1) is 0 Å². The van der Waals surface area contributed by atoms with Gasteiger partial charge < -0.3 is 9.67 Å².